The van der Waals surface area contributed by atoms with Gasteiger partial charge in [-0.15, -0.1) is 0 Å². The molecule has 0 saturated carbocycles. The molecule has 0 amide bonds. The fraction of sp³-hybridized carbons (Fsp3) is 0.111. The van der Waals surface area contributed by atoms with Crippen LogP contribution in [0.4, 0.5) is 5.69 Å². The minimum Gasteiger partial charge on any atom is -0.384 e. The van der Waals surface area contributed by atoms with Crippen molar-refractivity contribution < 1.29 is 10.0 Å². The zero-order chi connectivity index (χ0) is 15.7. The quantitative estimate of drug-likeness (QED) is 0.583. The van der Waals surface area contributed by atoms with Crippen LogP contribution in [0.1, 0.15) is 22.8 Å². The van der Waals surface area contributed by atoms with E-state index in [1.165, 1.54) is 6.07 Å². The Balaban J connectivity index is 2.12. The molecule has 4 heteroatoms. The lowest BCUT2D eigenvalue weighted by Crippen LogP contribution is -2.02. The highest BCUT2D eigenvalue weighted by Crippen LogP contribution is 2.31. The molecule has 0 aliphatic heterocycles. The molecule has 22 heavy (non-hydrogen) atoms. The molecule has 0 saturated heterocycles. The number of nitrogens with zero attached hydrogens (tertiary/aromatic N) is 1. The van der Waals surface area contributed by atoms with Crippen molar-refractivity contribution in [2.24, 2.45) is 0 Å². The van der Waals surface area contributed by atoms with E-state index in [1.54, 1.807) is 19.1 Å². The van der Waals surface area contributed by atoms with Crippen molar-refractivity contribution in [1.82, 2.24) is 0 Å². The summed E-state index contributed by atoms with van der Waals surface area (Å²) in [6, 6.07) is 18.3. The number of aliphatic hydroxyl groups is 1. The van der Waals surface area contributed by atoms with Crippen molar-refractivity contribution in [3.8, 4) is 0 Å². The highest BCUT2D eigenvalue weighted by Gasteiger charge is 2.18. The number of rotatable bonds is 3. The third-order valence-electron chi connectivity index (χ3n) is 3.86. The van der Waals surface area contributed by atoms with Gasteiger partial charge in [0.2, 0.25) is 0 Å². The molecule has 0 bridgehead atoms. The number of aliphatic hydroxyl groups excluding tert-OH is 1. The first-order chi connectivity index (χ1) is 10.6. The second kappa shape index (κ2) is 5.58. The van der Waals surface area contributed by atoms with E-state index < -0.39 is 11.0 Å². The van der Waals surface area contributed by atoms with Gasteiger partial charge in [-0.05, 0) is 28.8 Å². The van der Waals surface area contributed by atoms with E-state index in [0.29, 0.717) is 11.1 Å². The second-order valence-electron chi connectivity index (χ2n) is 5.27. The van der Waals surface area contributed by atoms with Gasteiger partial charge in [0.05, 0.1) is 4.92 Å². The van der Waals surface area contributed by atoms with Crippen LogP contribution in [0.25, 0.3) is 10.8 Å². The van der Waals surface area contributed by atoms with Crippen LogP contribution < -0.4 is 0 Å². The second-order valence-corrected chi connectivity index (χ2v) is 5.27. The number of nitro groups is 1. The van der Waals surface area contributed by atoms with Gasteiger partial charge in [-0.25, -0.2) is 0 Å². The monoisotopic (exact) mass is 293 g/mol. The Bertz CT molecular complexity index is 853. The number of benzene rings is 3. The maximum absolute atomic E-state index is 11.1. The SMILES string of the molecule is Cc1ccc([C@@H](O)c2cccc3ccccc23)cc1[N+](=O)[O-]. The first-order valence-corrected chi connectivity index (χ1v) is 6.98. The number of aryl methyl sites for hydroxylation is 1. The standard InChI is InChI=1S/C18H15NO3/c1-12-9-10-14(11-17(12)19(21)22)18(20)16-8-4-6-13-5-2-3-7-15(13)16/h2-11,18,20H,1H3/t18-/m1/s1. The molecule has 110 valence electrons. The molecule has 3 aromatic rings. The van der Waals surface area contributed by atoms with Gasteiger partial charge in [-0.1, -0.05) is 54.6 Å². The first-order valence-electron chi connectivity index (χ1n) is 6.98. The van der Waals surface area contributed by atoms with Crippen LogP contribution in [0.2, 0.25) is 0 Å². The Morgan fingerprint density at radius 3 is 2.55 bits per heavy atom. The molecule has 3 rings (SSSR count). The van der Waals surface area contributed by atoms with Crippen molar-refractivity contribution in [1.29, 1.82) is 0 Å². The maximum Gasteiger partial charge on any atom is 0.272 e. The molecule has 0 unspecified atom stereocenters. The van der Waals surface area contributed by atoms with Crippen LogP contribution in [-0.4, -0.2) is 10.0 Å². The summed E-state index contributed by atoms with van der Waals surface area (Å²) >= 11 is 0. The van der Waals surface area contributed by atoms with Gasteiger partial charge < -0.3 is 5.11 Å². The summed E-state index contributed by atoms with van der Waals surface area (Å²) in [6.45, 7) is 1.69. The van der Waals surface area contributed by atoms with E-state index in [1.807, 2.05) is 42.5 Å². The summed E-state index contributed by atoms with van der Waals surface area (Å²) in [6.07, 6.45) is -0.898. The van der Waals surface area contributed by atoms with Crippen LogP contribution in [0, 0.1) is 17.0 Å². The molecular formula is C18H15NO3. The average Bonchev–Trinajstić information content (AvgIpc) is 2.54. The van der Waals surface area contributed by atoms with E-state index in [4.69, 9.17) is 0 Å². The van der Waals surface area contributed by atoms with Crippen LogP contribution in [0.3, 0.4) is 0 Å². The van der Waals surface area contributed by atoms with Crippen LogP contribution in [0.15, 0.2) is 60.7 Å². The van der Waals surface area contributed by atoms with Crippen molar-refractivity contribution in [3.05, 3.63) is 87.5 Å². The molecule has 0 aromatic heterocycles. The molecular weight excluding hydrogens is 278 g/mol. The Morgan fingerprint density at radius 2 is 1.77 bits per heavy atom. The smallest absolute Gasteiger partial charge is 0.272 e. The van der Waals surface area contributed by atoms with Crippen molar-refractivity contribution in [2.45, 2.75) is 13.0 Å². The predicted octanol–water partition coefficient (Wildman–Crippen LogP) is 4.14. The van der Waals surface area contributed by atoms with Gasteiger partial charge in [-0.2, -0.15) is 0 Å². The number of nitro benzene ring substituents is 1. The van der Waals surface area contributed by atoms with Crippen molar-refractivity contribution in [3.63, 3.8) is 0 Å². The Hall–Kier alpha value is -2.72. The molecule has 0 spiro atoms. The summed E-state index contributed by atoms with van der Waals surface area (Å²) in [7, 11) is 0. The van der Waals surface area contributed by atoms with Gasteiger partial charge in [0, 0.05) is 11.6 Å². The Kier molecular flexibility index (Phi) is 3.61. The molecule has 0 aliphatic carbocycles. The average molecular weight is 293 g/mol. The highest BCUT2D eigenvalue weighted by molar-refractivity contribution is 5.86. The van der Waals surface area contributed by atoms with Crippen LogP contribution in [0.5, 0.6) is 0 Å². The van der Waals surface area contributed by atoms with Gasteiger partial charge in [0.15, 0.2) is 0 Å². The minimum atomic E-state index is -0.898. The van der Waals surface area contributed by atoms with E-state index in [0.717, 1.165) is 16.3 Å². The van der Waals surface area contributed by atoms with E-state index in [-0.39, 0.29) is 5.69 Å². The third kappa shape index (κ3) is 2.44. The minimum absolute atomic E-state index is 0.0248. The summed E-state index contributed by atoms with van der Waals surface area (Å²) in [5, 5.41) is 23.7. The van der Waals surface area contributed by atoms with E-state index in [2.05, 4.69) is 0 Å². The lowest BCUT2D eigenvalue weighted by Gasteiger charge is -2.14. The molecule has 3 aromatic carbocycles. The molecule has 4 nitrogen and oxygen atoms in total. The van der Waals surface area contributed by atoms with Gasteiger partial charge in [0.1, 0.15) is 6.10 Å². The van der Waals surface area contributed by atoms with E-state index in [9.17, 15) is 15.2 Å². The third-order valence-corrected chi connectivity index (χ3v) is 3.86. The molecule has 1 atom stereocenters. The van der Waals surface area contributed by atoms with Crippen LogP contribution >= 0.6 is 0 Å². The highest BCUT2D eigenvalue weighted by atomic mass is 16.6. The summed E-state index contributed by atoms with van der Waals surface area (Å²) in [5.41, 5.74) is 1.88. The van der Waals surface area contributed by atoms with Gasteiger partial charge in [0.25, 0.3) is 5.69 Å². The molecule has 0 radical (unpaired) electrons. The Morgan fingerprint density at radius 1 is 1.05 bits per heavy atom. The zero-order valence-electron chi connectivity index (χ0n) is 12.1. The van der Waals surface area contributed by atoms with Gasteiger partial charge >= 0.3 is 0 Å². The fourth-order valence-electron chi connectivity index (χ4n) is 2.66. The summed E-state index contributed by atoms with van der Waals surface area (Å²) < 4.78 is 0. The summed E-state index contributed by atoms with van der Waals surface area (Å²) in [4.78, 5) is 10.6. The van der Waals surface area contributed by atoms with Crippen molar-refractivity contribution >= 4 is 16.5 Å². The molecule has 0 fully saturated rings. The van der Waals surface area contributed by atoms with Crippen LogP contribution in [-0.2, 0) is 0 Å². The first kappa shape index (κ1) is 14.2. The zero-order valence-corrected chi connectivity index (χ0v) is 12.1. The van der Waals surface area contributed by atoms with Gasteiger partial charge in [-0.3, -0.25) is 10.1 Å². The fourth-order valence-corrected chi connectivity index (χ4v) is 2.66. The number of hydrogen-bond acceptors (Lipinski definition) is 3. The predicted molar refractivity (Wildman–Crippen MR) is 85.8 cm³/mol. The molecule has 0 aliphatic rings. The largest absolute Gasteiger partial charge is 0.384 e. The lowest BCUT2D eigenvalue weighted by atomic mass is 9.95. The Labute approximate surface area is 127 Å². The number of fused-ring (bicyclic) bond motifs is 1. The lowest BCUT2D eigenvalue weighted by molar-refractivity contribution is -0.385. The topological polar surface area (TPSA) is 63.4 Å². The normalized spacial score (nSPS) is 12.3. The number of hydrogen-bond donors (Lipinski definition) is 1. The summed E-state index contributed by atoms with van der Waals surface area (Å²) in [5.74, 6) is 0. The van der Waals surface area contributed by atoms with E-state index >= 15 is 0 Å². The maximum atomic E-state index is 11.1. The molecule has 1 N–H and O–H groups in total. The van der Waals surface area contributed by atoms with Crippen molar-refractivity contribution in [2.75, 3.05) is 0 Å². The molecule has 0 heterocycles.